The maximum Gasteiger partial charge on any atom is 0.253 e. The Labute approximate surface area is 86.0 Å². The maximum atomic E-state index is 11.7. The molecule has 1 aliphatic rings. The van der Waals surface area contributed by atoms with Crippen LogP contribution in [0.2, 0.25) is 0 Å². The van der Waals surface area contributed by atoms with Crippen LogP contribution < -0.4 is 10.7 Å². The number of amides is 1. The number of nitrogens with one attached hydrogen (secondary N) is 2. The van der Waals surface area contributed by atoms with Crippen LogP contribution in [0.5, 0.6) is 0 Å². The lowest BCUT2D eigenvalue weighted by Gasteiger charge is -2.31. The summed E-state index contributed by atoms with van der Waals surface area (Å²) >= 11 is 0. The molecule has 0 aromatic rings. The van der Waals surface area contributed by atoms with Crippen LogP contribution in [0.3, 0.4) is 0 Å². The van der Waals surface area contributed by atoms with E-state index in [1.807, 2.05) is 18.9 Å². The molecule has 0 spiro atoms. The highest BCUT2D eigenvalue weighted by molar-refractivity contribution is 5.84. The van der Waals surface area contributed by atoms with Gasteiger partial charge in [-0.2, -0.15) is 0 Å². The number of likely N-dealkylation sites (N-methyl/N-ethyl adjacent to an activating group) is 1. The van der Waals surface area contributed by atoms with Crippen molar-refractivity contribution in [3.05, 3.63) is 0 Å². The average molecular weight is 199 g/mol. The number of hydrogen-bond donors (Lipinski definition) is 2. The molecule has 0 aliphatic carbocycles. The van der Waals surface area contributed by atoms with Gasteiger partial charge in [-0.25, -0.2) is 5.01 Å². The number of rotatable bonds is 3. The van der Waals surface area contributed by atoms with Crippen molar-refractivity contribution in [3.63, 3.8) is 0 Å². The lowest BCUT2D eigenvalue weighted by atomic mass is 10.1. The van der Waals surface area contributed by atoms with Gasteiger partial charge >= 0.3 is 0 Å². The molecule has 1 heterocycles. The zero-order valence-electron chi connectivity index (χ0n) is 9.39. The normalized spacial score (nSPS) is 19.4. The predicted octanol–water partition coefficient (Wildman–Crippen LogP) is 0.501. The van der Waals surface area contributed by atoms with E-state index in [0.717, 1.165) is 13.1 Å². The first kappa shape index (κ1) is 11.5. The first-order chi connectivity index (χ1) is 6.56. The second kappa shape index (κ2) is 4.75. The summed E-state index contributed by atoms with van der Waals surface area (Å²) in [6.45, 7) is 5.72. The van der Waals surface area contributed by atoms with Gasteiger partial charge in [-0.3, -0.25) is 10.2 Å². The summed E-state index contributed by atoms with van der Waals surface area (Å²) in [4.78, 5) is 11.7. The molecule has 82 valence electrons. The highest BCUT2D eigenvalue weighted by Gasteiger charge is 2.26. The van der Waals surface area contributed by atoms with E-state index < -0.39 is 5.54 Å². The molecule has 0 saturated carbocycles. The van der Waals surface area contributed by atoms with Gasteiger partial charge in [-0.05, 0) is 33.7 Å². The molecular weight excluding hydrogens is 178 g/mol. The lowest BCUT2D eigenvalue weighted by Crippen LogP contribution is -2.56. The Morgan fingerprint density at radius 3 is 2.29 bits per heavy atom. The molecule has 1 fully saturated rings. The standard InChI is InChI=1S/C10H21N3O/c1-10(2,11-3)9(14)12-13-7-5-4-6-8-13/h11H,4-8H2,1-3H3,(H,12,14). The molecule has 1 amide bonds. The van der Waals surface area contributed by atoms with Gasteiger partial charge in [-0.1, -0.05) is 6.42 Å². The van der Waals surface area contributed by atoms with Crippen molar-refractivity contribution in [2.24, 2.45) is 0 Å². The third-order valence-electron chi connectivity index (χ3n) is 2.81. The van der Waals surface area contributed by atoms with Crippen LogP contribution in [0.15, 0.2) is 0 Å². The molecule has 0 bridgehead atoms. The van der Waals surface area contributed by atoms with Crippen LogP contribution in [-0.2, 0) is 4.79 Å². The maximum absolute atomic E-state index is 11.7. The largest absolute Gasteiger partial charge is 0.307 e. The first-order valence-electron chi connectivity index (χ1n) is 5.31. The second-order valence-electron chi connectivity index (χ2n) is 4.36. The molecule has 0 aromatic carbocycles. The number of hydrazine groups is 1. The summed E-state index contributed by atoms with van der Waals surface area (Å²) in [5, 5.41) is 5.01. The molecule has 1 rings (SSSR count). The van der Waals surface area contributed by atoms with E-state index in [-0.39, 0.29) is 5.91 Å². The van der Waals surface area contributed by atoms with Gasteiger partial charge in [-0.15, -0.1) is 0 Å². The Morgan fingerprint density at radius 1 is 1.21 bits per heavy atom. The zero-order chi connectivity index (χ0) is 10.6. The fraction of sp³-hybridized carbons (Fsp3) is 0.900. The van der Waals surface area contributed by atoms with Gasteiger partial charge in [0.05, 0.1) is 5.54 Å². The Morgan fingerprint density at radius 2 is 1.79 bits per heavy atom. The van der Waals surface area contributed by atoms with E-state index in [2.05, 4.69) is 10.7 Å². The van der Waals surface area contributed by atoms with Crippen molar-refractivity contribution in [3.8, 4) is 0 Å². The van der Waals surface area contributed by atoms with E-state index in [0.29, 0.717) is 0 Å². The number of nitrogens with zero attached hydrogens (tertiary/aromatic N) is 1. The van der Waals surface area contributed by atoms with Crippen molar-refractivity contribution in [1.29, 1.82) is 0 Å². The van der Waals surface area contributed by atoms with E-state index >= 15 is 0 Å². The molecule has 0 radical (unpaired) electrons. The van der Waals surface area contributed by atoms with Crippen LogP contribution in [-0.4, -0.2) is 36.6 Å². The van der Waals surface area contributed by atoms with Crippen molar-refractivity contribution in [2.45, 2.75) is 38.6 Å². The smallest absolute Gasteiger partial charge is 0.253 e. The molecule has 4 heteroatoms. The van der Waals surface area contributed by atoms with Crippen molar-refractivity contribution in [1.82, 2.24) is 15.8 Å². The van der Waals surface area contributed by atoms with Crippen LogP contribution in [0.1, 0.15) is 33.1 Å². The first-order valence-corrected chi connectivity index (χ1v) is 5.31. The van der Waals surface area contributed by atoms with Crippen LogP contribution in [0.25, 0.3) is 0 Å². The van der Waals surface area contributed by atoms with E-state index in [1.54, 1.807) is 7.05 Å². The SMILES string of the molecule is CNC(C)(C)C(=O)NN1CCCCC1. The third-order valence-corrected chi connectivity index (χ3v) is 2.81. The zero-order valence-corrected chi connectivity index (χ0v) is 9.39. The highest BCUT2D eigenvalue weighted by Crippen LogP contribution is 2.07. The Hall–Kier alpha value is -0.610. The number of hydrogen-bond acceptors (Lipinski definition) is 3. The molecule has 0 aromatic heterocycles. The van der Waals surface area contributed by atoms with Crippen LogP contribution in [0, 0.1) is 0 Å². The highest BCUT2D eigenvalue weighted by atomic mass is 16.2. The van der Waals surface area contributed by atoms with E-state index in [4.69, 9.17) is 0 Å². The molecule has 0 atom stereocenters. The fourth-order valence-corrected chi connectivity index (χ4v) is 1.40. The molecule has 1 saturated heterocycles. The lowest BCUT2D eigenvalue weighted by molar-refractivity contribution is -0.131. The minimum Gasteiger partial charge on any atom is -0.307 e. The molecule has 14 heavy (non-hydrogen) atoms. The number of carbonyl (C=O) groups is 1. The van der Waals surface area contributed by atoms with Crippen molar-refractivity contribution >= 4 is 5.91 Å². The summed E-state index contributed by atoms with van der Waals surface area (Å²) in [5.41, 5.74) is 2.45. The molecule has 2 N–H and O–H groups in total. The van der Waals surface area contributed by atoms with Crippen LogP contribution in [0.4, 0.5) is 0 Å². The Balaban J connectivity index is 2.39. The quantitative estimate of drug-likeness (QED) is 0.696. The van der Waals surface area contributed by atoms with Gasteiger partial charge in [0.2, 0.25) is 0 Å². The molecular formula is C10H21N3O. The van der Waals surface area contributed by atoms with Crippen LogP contribution >= 0.6 is 0 Å². The van der Waals surface area contributed by atoms with Gasteiger partial charge in [0, 0.05) is 13.1 Å². The second-order valence-corrected chi connectivity index (χ2v) is 4.36. The minimum absolute atomic E-state index is 0.0434. The predicted molar refractivity (Wildman–Crippen MR) is 56.7 cm³/mol. The van der Waals surface area contributed by atoms with E-state index in [9.17, 15) is 4.79 Å². The summed E-state index contributed by atoms with van der Waals surface area (Å²) in [5.74, 6) is 0.0434. The minimum atomic E-state index is -0.489. The van der Waals surface area contributed by atoms with Crippen molar-refractivity contribution < 1.29 is 4.79 Å². The Bertz CT molecular complexity index is 198. The monoisotopic (exact) mass is 199 g/mol. The van der Waals surface area contributed by atoms with Gasteiger partial charge in [0.15, 0.2) is 0 Å². The fourth-order valence-electron chi connectivity index (χ4n) is 1.40. The average Bonchev–Trinajstić information content (AvgIpc) is 2.19. The summed E-state index contributed by atoms with van der Waals surface area (Å²) in [6, 6.07) is 0. The third kappa shape index (κ3) is 2.96. The summed E-state index contributed by atoms with van der Waals surface area (Å²) in [7, 11) is 1.80. The van der Waals surface area contributed by atoms with Crippen molar-refractivity contribution in [2.75, 3.05) is 20.1 Å². The summed E-state index contributed by atoms with van der Waals surface area (Å²) < 4.78 is 0. The topological polar surface area (TPSA) is 44.4 Å². The Kier molecular flexibility index (Phi) is 3.89. The molecule has 1 aliphatic heterocycles. The van der Waals surface area contributed by atoms with E-state index in [1.165, 1.54) is 19.3 Å². The molecule has 0 unspecified atom stereocenters. The number of piperidine rings is 1. The number of carbonyl (C=O) groups excluding carboxylic acids is 1. The summed E-state index contributed by atoms with van der Waals surface area (Å²) in [6.07, 6.45) is 3.64. The van der Waals surface area contributed by atoms with Gasteiger partial charge in [0.1, 0.15) is 0 Å². The van der Waals surface area contributed by atoms with Gasteiger partial charge in [0.25, 0.3) is 5.91 Å². The van der Waals surface area contributed by atoms with Gasteiger partial charge < -0.3 is 5.32 Å². The molecule has 4 nitrogen and oxygen atoms in total.